The van der Waals surface area contributed by atoms with Gasteiger partial charge >= 0.3 is 5.69 Å². The summed E-state index contributed by atoms with van der Waals surface area (Å²) >= 11 is 7.47. The molecule has 7 heteroatoms. The van der Waals surface area contributed by atoms with Crippen molar-refractivity contribution in [2.45, 2.75) is 10.9 Å². The van der Waals surface area contributed by atoms with Crippen molar-refractivity contribution in [2.75, 3.05) is 0 Å². The second kappa shape index (κ2) is 5.07. The van der Waals surface area contributed by atoms with Gasteiger partial charge in [0.05, 0.1) is 0 Å². The molecule has 3 aromatic rings. The molecule has 0 saturated carbocycles. The highest BCUT2D eigenvalue weighted by atomic mass is 35.5. The number of H-pyrrole nitrogens is 2. The fraction of sp³-hybridized carbons (Fsp3) is 0.0833. The molecule has 0 radical (unpaired) electrons. The Morgan fingerprint density at radius 3 is 2.74 bits per heavy atom. The molecule has 0 aliphatic rings. The minimum absolute atomic E-state index is 0.249. The van der Waals surface area contributed by atoms with Gasteiger partial charge in [0.15, 0.2) is 16.0 Å². The van der Waals surface area contributed by atoms with Crippen LogP contribution in [0.5, 0.6) is 0 Å². The van der Waals surface area contributed by atoms with Crippen LogP contribution in [0.1, 0.15) is 5.56 Å². The first-order chi connectivity index (χ1) is 9.22. The quantitative estimate of drug-likeness (QED) is 0.442. The summed E-state index contributed by atoms with van der Waals surface area (Å²) in [7, 11) is 0. The highest BCUT2D eigenvalue weighted by molar-refractivity contribution is 7.98. The van der Waals surface area contributed by atoms with Crippen LogP contribution in [0.3, 0.4) is 0 Å². The average molecular weight is 293 g/mol. The van der Waals surface area contributed by atoms with Crippen molar-refractivity contribution in [3.05, 3.63) is 51.5 Å². The Morgan fingerprint density at radius 2 is 1.95 bits per heavy atom. The molecular formula is C12H9ClN4OS. The van der Waals surface area contributed by atoms with Crippen molar-refractivity contribution in [1.29, 1.82) is 0 Å². The zero-order valence-corrected chi connectivity index (χ0v) is 11.3. The molecule has 1 aromatic carbocycles. The first-order valence-electron chi connectivity index (χ1n) is 5.54. The van der Waals surface area contributed by atoms with Crippen molar-refractivity contribution in [3.63, 3.8) is 0 Å². The third kappa shape index (κ3) is 2.64. The van der Waals surface area contributed by atoms with Crippen LogP contribution < -0.4 is 5.69 Å². The Morgan fingerprint density at radius 1 is 1.16 bits per heavy atom. The molecular weight excluding hydrogens is 284 g/mol. The first kappa shape index (κ1) is 12.3. The van der Waals surface area contributed by atoms with Gasteiger partial charge in [-0.25, -0.2) is 14.8 Å². The van der Waals surface area contributed by atoms with Gasteiger partial charge in [0.2, 0.25) is 0 Å². The second-order valence-corrected chi connectivity index (χ2v) is 5.17. The van der Waals surface area contributed by atoms with Crippen LogP contribution in [-0.4, -0.2) is 19.9 Å². The highest BCUT2D eigenvalue weighted by Gasteiger charge is 2.09. The minimum Gasteiger partial charge on any atom is -0.302 e. The monoisotopic (exact) mass is 292 g/mol. The number of imidazole rings is 1. The number of nitrogens with one attached hydrogen (secondary N) is 2. The summed E-state index contributed by atoms with van der Waals surface area (Å²) in [5.41, 5.74) is 1.71. The number of hydrogen-bond donors (Lipinski definition) is 2. The van der Waals surface area contributed by atoms with Gasteiger partial charge in [-0.1, -0.05) is 53.7 Å². The van der Waals surface area contributed by atoms with Gasteiger partial charge in [0.25, 0.3) is 0 Å². The lowest BCUT2D eigenvalue weighted by Crippen LogP contribution is -1.99. The fourth-order valence-electron chi connectivity index (χ4n) is 1.65. The SMILES string of the molecule is O=c1[nH]c2nc(SCc3ccccc3)nc(Cl)c2[nH]1. The van der Waals surface area contributed by atoms with Crippen molar-refractivity contribution in [3.8, 4) is 0 Å². The molecule has 0 amide bonds. The molecule has 0 saturated heterocycles. The summed E-state index contributed by atoms with van der Waals surface area (Å²) in [5, 5.41) is 0.788. The molecule has 0 spiro atoms. The van der Waals surface area contributed by atoms with Gasteiger partial charge in [-0.2, -0.15) is 0 Å². The predicted octanol–water partition coefficient (Wildman–Crippen LogP) is 2.59. The number of aromatic nitrogens is 4. The molecule has 3 rings (SSSR count). The molecule has 0 bridgehead atoms. The number of hydrogen-bond acceptors (Lipinski definition) is 4. The van der Waals surface area contributed by atoms with E-state index in [9.17, 15) is 4.79 Å². The molecule has 2 heterocycles. The first-order valence-corrected chi connectivity index (χ1v) is 6.91. The zero-order chi connectivity index (χ0) is 13.2. The van der Waals surface area contributed by atoms with Gasteiger partial charge in [0, 0.05) is 5.75 Å². The summed E-state index contributed by atoms with van der Waals surface area (Å²) in [6.07, 6.45) is 0. The van der Waals surface area contributed by atoms with E-state index in [1.165, 1.54) is 17.3 Å². The number of rotatable bonds is 3. The summed E-state index contributed by atoms with van der Waals surface area (Å²) in [6.45, 7) is 0. The topological polar surface area (TPSA) is 74.4 Å². The molecule has 0 fully saturated rings. The Bertz CT molecular complexity index is 768. The molecule has 2 aromatic heterocycles. The Balaban J connectivity index is 1.87. The van der Waals surface area contributed by atoms with E-state index in [1.807, 2.05) is 30.3 Å². The molecule has 0 atom stereocenters. The lowest BCUT2D eigenvalue weighted by Gasteiger charge is -2.01. The van der Waals surface area contributed by atoms with Crippen molar-refractivity contribution in [2.24, 2.45) is 0 Å². The third-order valence-corrected chi connectivity index (χ3v) is 3.72. The summed E-state index contributed by atoms with van der Waals surface area (Å²) in [4.78, 5) is 24.7. The van der Waals surface area contributed by atoms with Crippen molar-refractivity contribution >= 4 is 34.5 Å². The van der Waals surface area contributed by atoms with Crippen LogP contribution in [0, 0.1) is 0 Å². The molecule has 0 unspecified atom stereocenters. The van der Waals surface area contributed by atoms with E-state index in [1.54, 1.807) is 0 Å². The van der Waals surface area contributed by atoms with E-state index in [0.717, 1.165) is 5.75 Å². The fourth-order valence-corrected chi connectivity index (χ4v) is 2.72. The van der Waals surface area contributed by atoms with Crippen LogP contribution in [0.15, 0.2) is 40.3 Å². The average Bonchev–Trinajstić information content (AvgIpc) is 2.79. The standard InChI is InChI=1S/C12H9ClN4OS/c13-9-8-10(16-11(18)14-8)17-12(15-9)19-6-7-4-2-1-3-5-7/h1-5H,6H2,(H2,14,15,16,17,18). The Kier molecular flexibility index (Phi) is 3.27. The van der Waals surface area contributed by atoms with E-state index >= 15 is 0 Å². The summed E-state index contributed by atoms with van der Waals surface area (Å²) < 4.78 is 0. The largest absolute Gasteiger partial charge is 0.325 e. The maximum atomic E-state index is 11.2. The normalized spacial score (nSPS) is 11.0. The van der Waals surface area contributed by atoms with Crippen LogP contribution in [0.4, 0.5) is 0 Å². The number of aromatic amines is 2. The number of fused-ring (bicyclic) bond motifs is 1. The predicted molar refractivity (Wildman–Crippen MR) is 75.5 cm³/mol. The summed E-state index contributed by atoms with van der Waals surface area (Å²) in [6, 6.07) is 10.0. The Labute approximate surface area is 117 Å². The van der Waals surface area contributed by atoms with Gasteiger partial charge in [-0.3, -0.25) is 4.98 Å². The maximum absolute atomic E-state index is 11.2. The van der Waals surface area contributed by atoms with E-state index in [4.69, 9.17) is 11.6 Å². The van der Waals surface area contributed by atoms with E-state index < -0.39 is 0 Å². The Hall–Kier alpha value is -1.79. The van der Waals surface area contributed by atoms with Crippen molar-refractivity contribution < 1.29 is 0 Å². The van der Waals surface area contributed by atoms with E-state index in [0.29, 0.717) is 16.3 Å². The van der Waals surface area contributed by atoms with Gasteiger partial charge in [0.1, 0.15) is 5.52 Å². The van der Waals surface area contributed by atoms with Gasteiger partial charge < -0.3 is 4.98 Å². The van der Waals surface area contributed by atoms with Crippen LogP contribution in [0.25, 0.3) is 11.2 Å². The summed E-state index contributed by atoms with van der Waals surface area (Å²) in [5.74, 6) is 0.747. The highest BCUT2D eigenvalue weighted by Crippen LogP contribution is 2.23. The van der Waals surface area contributed by atoms with Crippen LogP contribution in [-0.2, 0) is 5.75 Å². The minimum atomic E-state index is -0.337. The van der Waals surface area contributed by atoms with Crippen LogP contribution >= 0.6 is 23.4 Å². The molecule has 19 heavy (non-hydrogen) atoms. The molecule has 2 N–H and O–H groups in total. The lowest BCUT2D eigenvalue weighted by molar-refractivity contribution is 0.992. The number of thioether (sulfide) groups is 1. The van der Waals surface area contributed by atoms with E-state index in [-0.39, 0.29) is 10.8 Å². The third-order valence-electron chi connectivity index (χ3n) is 2.53. The molecule has 5 nitrogen and oxygen atoms in total. The van der Waals surface area contributed by atoms with Crippen LogP contribution in [0.2, 0.25) is 5.15 Å². The second-order valence-electron chi connectivity index (χ2n) is 3.87. The molecule has 96 valence electrons. The zero-order valence-electron chi connectivity index (χ0n) is 9.68. The molecule has 0 aliphatic heterocycles. The number of benzene rings is 1. The van der Waals surface area contributed by atoms with Gasteiger partial charge in [-0.05, 0) is 5.56 Å². The molecule has 0 aliphatic carbocycles. The smallest absolute Gasteiger partial charge is 0.302 e. The number of halogens is 1. The number of nitrogens with zero attached hydrogens (tertiary/aromatic N) is 2. The van der Waals surface area contributed by atoms with Crippen molar-refractivity contribution in [1.82, 2.24) is 19.9 Å². The van der Waals surface area contributed by atoms with Gasteiger partial charge in [-0.15, -0.1) is 0 Å². The van der Waals surface area contributed by atoms with E-state index in [2.05, 4.69) is 19.9 Å². The maximum Gasteiger partial charge on any atom is 0.325 e. The lowest BCUT2D eigenvalue weighted by atomic mass is 10.2.